The third-order valence-corrected chi connectivity index (χ3v) is 5.42. The number of carbonyl (C=O) groups excluding carboxylic acids is 2. The van der Waals surface area contributed by atoms with Crippen molar-refractivity contribution in [2.24, 2.45) is 0 Å². The van der Waals surface area contributed by atoms with E-state index in [9.17, 15) is 9.59 Å². The molecule has 2 aromatic heterocycles. The Morgan fingerprint density at radius 1 is 1.03 bits per heavy atom. The molecule has 0 fully saturated rings. The highest BCUT2D eigenvalue weighted by Crippen LogP contribution is 2.39. The van der Waals surface area contributed by atoms with Gasteiger partial charge in [0, 0.05) is 29.9 Å². The summed E-state index contributed by atoms with van der Waals surface area (Å²) in [6, 6.07) is 9.04. The van der Waals surface area contributed by atoms with Crippen molar-refractivity contribution in [2.75, 3.05) is 19.5 Å². The van der Waals surface area contributed by atoms with Crippen molar-refractivity contribution >= 4 is 28.3 Å². The number of methoxy groups -OCH3 is 2. The van der Waals surface area contributed by atoms with Crippen molar-refractivity contribution < 1.29 is 23.8 Å². The van der Waals surface area contributed by atoms with Crippen LogP contribution >= 0.6 is 11.3 Å². The molecule has 0 aliphatic heterocycles. The van der Waals surface area contributed by atoms with Crippen LogP contribution < -0.4 is 20.1 Å². The molecule has 2 N–H and O–H groups in total. The zero-order chi connectivity index (χ0) is 24.0. The molecule has 0 saturated heterocycles. The molecule has 9 heteroatoms. The molecule has 3 aromatic rings. The normalized spacial score (nSPS) is 10.9. The summed E-state index contributed by atoms with van der Waals surface area (Å²) >= 11 is 1.24. The highest BCUT2D eigenvalue weighted by atomic mass is 32.1. The highest BCUT2D eigenvalue weighted by molar-refractivity contribution is 7.15. The maximum absolute atomic E-state index is 13.3. The van der Waals surface area contributed by atoms with Crippen molar-refractivity contribution in [1.29, 1.82) is 0 Å². The van der Waals surface area contributed by atoms with Crippen LogP contribution in [-0.2, 0) is 11.3 Å². The molecule has 0 spiro atoms. The molecule has 2 heterocycles. The maximum Gasteiger partial charge on any atom is 0.412 e. The van der Waals surface area contributed by atoms with E-state index < -0.39 is 11.7 Å². The molecule has 0 atom stereocenters. The van der Waals surface area contributed by atoms with Crippen LogP contribution in [0.5, 0.6) is 11.5 Å². The van der Waals surface area contributed by atoms with Gasteiger partial charge in [-0.2, -0.15) is 0 Å². The molecule has 0 unspecified atom stereocenters. The molecule has 0 aliphatic rings. The number of rotatable bonds is 7. The Kier molecular flexibility index (Phi) is 7.55. The molecule has 8 nitrogen and oxygen atoms in total. The van der Waals surface area contributed by atoms with Crippen molar-refractivity contribution in [3.05, 3.63) is 59.2 Å². The number of ether oxygens (including phenoxy) is 3. The van der Waals surface area contributed by atoms with Crippen LogP contribution in [0.15, 0.2) is 48.1 Å². The minimum absolute atomic E-state index is 0.314. The average Bonchev–Trinajstić information content (AvgIpc) is 3.19. The quantitative estimate of drug-likeness (QED) is 0.499. The van der Waals surface area contributed by atoms with E-state index in [0.717, 1.165) is 11.1 Å². The maximum atomic E-state index is 13.3. The second-order valence-electron chi connectivity index (χ2n) is 8.09. The number of hydrogen-bond donors (Lipinski definition) is 2. The van der Waals surface area contributed by atoms with Crippen molar-refractivity contribution in [3.8, 4) is 22.6 Å². The van der Waals surface area contributed by atoms with Gasteiger partial charge in [0.05, 0.1) is 19.8 Å². The van der Waals surface area contributed by atoms with Crippen molar-refractivity contribution in [2.45, 2.75) is 32.9 Å². The minimum atomic E-state index is -0.669. The van der Waals surface area contributed by atoms with E-state index in [1.807, 2.05) is 23.6 Å². The van der Waals surface area contributed by atoms with Crippen LogP contribution in [0.1, 0.15) is 36.7 Å². The van der Waals surface area contributed by atoms with Crippen LogP contribution in [0.25, 0.3) is 11.1 Å². The van der Waals surface area contributed by atoms with Crippen molar-refractivity contribution in [1.82, 2.24) is 10.3 Å². The summed E-state index contributed by atoms with van der Waals surface area (Å²) in [6.45, 7) is 5.64. The summed E-state index contributed by atoms with van der Waals surface area (Å²) in [7, 11) is 3.11. The highest BCUT2D eigenvalue weighted by Gasteiger charge is 2.24. The lowest BCUT2D eigenvalue weighted by Gasteiger charge is -2.19. The zero-order valence-electron chi connectivity index (χ0n) is 19.2. The first-order chi connectivity index (χ1) is 15.7. The van der Waals surface area contributed by atoms with Gasteiger partial charge in [-0.05, 0) is 56.2 Å². The van der Waals surface area contributed by atoms with Crippen LogP contribution in [0.2, 0.25) is 0 Å². The van der Waals surface area contributed by atoms with E-state index in [4.69, 9.17) is 14.2 Å². The second kappa shape index (κ2) is 10.4. The largest absolute Gasteiger partial charge is 0.493 e. The second-order valence-corrected chi connectivity index (χ2v) is 8.97. The first-order valence-electron chi connectivity index (χ1n) is 10.2. The van der Waals surface area contributed by atoms with E-state index in [1.165, 1.54) is 11.3 Å². The average molecular weight is 470 g/mol. The molecule has 3 rings (SSSR count). The standard InChI is InChI=1S/C24H27N3O5S/c1-24(2,3)32-23(29)27-22-20(21(28)26-13-15-8-10-25-11-9-15)17(14-33-22)16-6-7-18(30-4)19(12-16)31-5/h6-12,14H,13H2,1-5H3,(H,26,28)(H,27,29). The predicted octanol–water partition coefficient (Wildman–Crippen LogP) is 5.10. The topological polar surface area (TPSA) is 98.8 Å². The number of hydrogen-bond acceptors (Lipinski definition) is 7. The fraction of sp³-hybridized carbons (Fsp3) is 0.292. The number of carbonyl (C=O) groups is 2. The molecule has 0 bridgehead atoms. The predicted molar refractivity (Wildman–Crippen MR) is 128 cm³/mol. The Morgan fingerprint density at radius 2 is 1.73 bits per heavy atom. The van der Waals surface area contributed by atoms with Gasteiger partial charge in [-0.3, -0.25) is 15.1 Å². The summed E-state index contributed by atoms with van der Waals surface area (Å²) in [6.07, 6.45) is 2.69. The fourth-order valence-electron chi connectivity index (χ4n) is 3.06. The number of nitrogens with zero attached hydrogens (tertiary/aromatic N) is 1. The first kappa shape index (κ1) is 24.1. The number of benzene rings is 1. The summed E-state index contributed by atoms with van der Waals surface area (Å²) in [5.41, 5.74) is 1.97. The lowest BCUT2D eigenvalue weighted by atomic mass is 10.0. The summed E-state index contributed by atoms with van der Waals surface area (Å²) in [4.78, 5) is 29.7. The van der Waals surface area contributed by atoms with Gasteiger partial charge in [0.25, 0.3) is 5.91 Å². The zero-order valence-corrected chi connectivity index (χ0v) is 20.0. The Labute approximate surface area is 196 Å². The van der Waals surface area contributed by atoms with Crippen LogP contribution in [-0.4, -0.2) is 36.8 Å². The van der Waals surface area contributed by atoms with E-state index in [2.05, 4.69) is 15.6 Å². The number of amides is 2. The van der Waals surface area contributed by atoms with Gasteiger partial charge in [-0.1, -0.05) is 6.07 Å². The van der Waals surface area contributed by atoms with Gasteiger partial charge >= 0.3 is 6.09 Å². The third kappa shape index (κ3) is 6.23. The Hall–Kier alpha value is -3.59. The monoisotopic (exact) mass is 469 g/mol. The minimum Gasteiger partial charge on any atom is -0.493 e. The number of pyridine rings is 1. The van der Waals surface area contributed by atoms with Crippen LogP contribution in [0.4, 0.5) is 9.80 Å². The SMILES string of the molecule is COc1ccc(-c2csc(NC(=O)OC(C)(C)C)c2C(=O)NCc2ccncc2)cc1OC. The Morgan fingerprint density at radius 3 is 2.36 bits per heavy atom. The molecule has 1 aromatic carbocycles. The molecule has 33 heavy (non-hydrogen) atoms. The van der Waals surface area contributed by atoms with E-state index in [-0.39, 0.29) is 5.91 Å². The van der Waals surface area contributed by atoms with Gasteiger partial charge in [-0.15, -0.1) is 11.3 Å². The van der Waals surface area contributed by atoms with Crippen molar-refractivity contribution in [3.63, 3.8) is 0 Å². The number of aromatic nitrogens is 1. The van der Waals surface area contributed by atoms with E-state index in [0.29, 0.717) is 34.2 Å². The molecular formula is C24H27N3O5S. The van der Waals surface area contributed by atoms with Crippen LogP contribution in [0, 0.1) is 0 Å². The molecular weight excluding hydrogens is 442 g/mol. The molecule has 0 aliphatic carbocycles. The third-order valence-electron chi connectivity index (χ3n) is 4.53. The Bertz CT molecular complexity index is 1120. The number of nitrogens with one attached hydrogen (secondary N) is 2. The van der Waals surface area contributed by atoms with Gasteiger partial charge in [0.15, 0.2) is 11.5 Å². The van der Waals surface area contributed by atoms with E-state index in [1.54, 1.807) is 59.5 Å². The fourth-order valence-corrected chi connectivity index (χ4v) is 4.01. The number of anilines is 1. The van der Waals surface area contributed by atoms with Gasteiger partial charge < -0.3 is 19.5 Å². The van der Waals surface area contributed by atoms with Gasteiger partial charge in [0.1, 0.15) is 10.6 Å². The van der Waals surface area contributed by atoms with E-state index >= 15 is 0 Å². The van der Waals surface area contributed by atoms with Crippen LogP contribution in [0.3, 0.4) is 0 Å². The molecule has 0 radical (unpaired) electrons. The molecule has 0 saturated carbocycles. The Balaban J connectivity index is 1.96. The smallest absolute Gasteiger partial charge is 0.412 e. The van der Waals surface area contributed by atoms with Gasteiger partial charge in [-0.25, -0.2) is 4.79 Å². The lowest BCUT2D eigenvalue weighted by molar-refractivity contribution is 0.0636. The summed E-state index contributed by atoms with van der Waals surface area (Å²) < 4.78 is 16.1. The molecule has 2 amide bonds. The summed E-state index contributed by atoms with van der Waals surface area (Å²) in [5.74, 6) is 0.780. The lowest BCUT2D eigenvalue weighted by Crippen LogP contribution is -2.28. The number of thiophene rings is 1. The van der Waals surface area contributed by atoms with Gasteiger partial charge in [0.2, 0.25) is 0 Å². The first-order valence-corrected chi connectivity index (χ1v) is 11.1. The molecule has 174 valence electrons. The summed E-state index contributed by atoms with van der Waals surface area (Å²) in [5, 5.41) is 7.84.